The quantitative estimate of drug-likeness (QED) is 0.782. The van der Waals surface area contributed by atoms with Crippen LogP contribution >= 0.6 is 0 Å². The predicted octanol–water partition coefficient (Wildman–Crippen LogP) is 2.87. The van der Waals surface area contributed by atoms with Crippen LogP contribution in [-0.2, 0) is 6.42 Å². The molecule has 0 saturated heterocycles. The Kier molecular flexibility index (Phi) is 3.13. The van der Waals surface area contributed by atoms with E-state index in [0.29, 0.717) is 11.8 Å². The van der Waals surface area contributed by atoms with Gasteiger partial charge in [0.2, 0.25) is 5.88 Å². The van der Waals surface area contributed by atoms with Gasteiger partial charge in [-0.25, -0.2) is 4.98 Å². The van der Waals surface area contributed by atoms with Crippen molar-refractivity contribution in [3.05, 3.63) is 17.1 Å². The second kappa shape index (κ2) is 4.40. The van der Waals surface area contributed by atoms with Gasteiger partial charge in [-0.1, -0.05) is 13.8 Å². The topological polar surface area (TPSA) is 35.0 Å². The summed E-state index contributed by atoms with van der Waals surface area (Å²) in [6.45, 7) is 6.48. The Bertz CT molecular complexity index is 384. The maximum absolute atomic E-state index is 5.33. The molecule has 0 unspecified atom stereocenters. The highest BCUT2D eigenvalue weighted by Crippen LogP contribution is 2.39. The number of ether oxygens (including phenoxy) is 1. The van der Waals surface area contributed by atoms with E-state index in [9.17, 15) is 0 Å². The van der Waals surface area contributed by atoms with E-state index in [1.54, 1.807) is 7.11 Å². The van der Waals surface area contributed by atoms with Gasteiger partial charge in [-0.05, 0) is 32.1 Å². The Labute approximate surface area is 97.3 Å². The third kappa shape index (κ3) is 2.34. The van der Waals surface area contributed by atoms with Gasteiger partial charge in [0.1, 0.15) is 5.82 Å². The van der Waals surface area contributed by atoms with E-state index in [2.05, 4.69) is 18.8 Å². The van der Waals surface area contributed by atoms with E-state index in [-0.39, 0.29) is 0 Å². The van der Waals surface area contributed by atoms with E-state index >= 15 is 0 Å². The fourth-order valence-corrected chi connectivity index (χ4v) is 1.87. The highest BCUT2D eigenvalue weighted by molar-refractivity contribution is 5.31. The third-order valence-corrected chi connectivity index (χ3v) is 2.96. The van der Waals surface area contributed by atoms with E-state index in [4.69, 9.17) is 9.72 Å². The van der Waals surface area contributed by atoms with Crippen LogP contribution < -0.4 is 4.74 Å². The maximum Gasteiger partial charge on any atom is 0.219 e. The van der Waals surface area contributed by atoms with Gasteiger partial charge in [-0.15, -0.1) is 0 Å². The summed E-state index contributed by atoms with van der Waals surface area (Å²) in [5.41, 5.74) is 2.25. The lowest BCUT2D eigenvalue weighted by atomic mass is 10.0. The van der Waals surface area contributed by atoms with Gasteiger partial charge in [-0.3, -0.25) is 0 Å². The van der Waals surface area contributed by atoms with E-state index < -0.39 is 0 Å². The molecule has 2 rings (SSSR count). The molecule has 1 fully saturated rings. The summed E-state index contributed by atoms with van der Waals surface area (Å²) in [5.74, 6) is 2.94. The summed E-state index contributed by atoms with van der Waals surface area (Å²) in [5, 5.41) is 0. The van der Waals surface area contributed by atoms with Crippen LogP contribution in [0.2, 0.25) is 0 Å². The first kappa shape index (κ1) is 11.4. The zero-order chi connectivity index (χ0) is 11.7. The van der Waals surface area contributed by atoms with Crippen molar-refractivity contribution in [3.63, 3.8) is 0 Å². The van der Waals surface area contributed by atoms with Gasteiger partial charge in [-0.2, -0.15) is 4.98 Å². The first-order chi connectivity index (χ1) is 7.61. The molecular weight excluding hydrogens is 200 g/mol. The number of nitrogens with zero attached hydrogens (tertiary/aromatic N) is 2. The summed E-state index contributed by atoms with van der Waals surface area (Å²) in [7, 11) is 1.69. The lowest BCUT2D eigenvalue weighted by Gasteiger charge is -2.12. The Hall–Kier alpha value is -1.12. The van der Waals surface area contributed by atoms with E-state index in [0.717, 1.165) is 29.4 Å². The Morgan fingerprint density at radius 1 is 1.31 bits per heavy atom. The van der Waals surface area contributed by atoms with Crippen molar-refractivity contribution in [1.29, 1.82) is 0 Å². The van der Waals surface area contributed by atoms with Gasteiger partial charge in [0.15, 0.2) is 0 Å². The molecule has 3 heteroatoms. The molecule has 0 N–H and O–H groups in total. The first-order valence-corrected chi connectivity index (χ1v) is 6.03. The summed E-state index contributed by atoms with van der Waals surface area (Å²) in [4.78, 5) is 9.18. The van der Waals surface area contributed by atoms with Crippen molar-refractivity contribution in [2.24, 2.45) is 5.92 Å². The minimum Gasteiger partial charge on any atom is -0.481 e. The van der Waals surface area contributed by atoms with Gasteiger partial charge in [0.25, 0.3) is 0 Å². The first-order valence-electron chi connectivity index (χ1n) is 6.03. The average molecular weight is 220 g/mol. The molecule has 16 heavy (non-hydrogen) atoms. The van der Waals surface area contributed by atoms with Crippen LogP contribution in [-0.4, -0.2) is 17.1 Å². The number of hydrogen-bond acceptors (Lipinski definition) is 3. The number of hydrogen-bond donors (Lipinski definition) is 0. The Balaban J connectivity index is 2.36. The standard InChI is InChI=1S/C13H20N2O/c1-8(2)7-11-9(3)13(16-4)15-12(14-11)10-5-6-10/h8,10H,5-7H2,1-4H3. The third-order valence-electron chi connectivity index (χ3n) is 2.96. The van der Waals surface area contributed by atoms with Crippen LogP contribution in [0.5, 0.6) is 5.88 Å². The number of aromatic nitrogens is 2. The molecule has 1 aromatic rings. The van der Waals surface area contributed by atoms with Crippen LogP contribution in [0.3, 0.4) is 0 Å². The maximum atomic E-state index is 5.33. The van der Waals surface area contributed by atoms with Crippen molar-refractivity contribution in [2.75, 3.05) is 7.11 Å². The van der Waals surface area contributed by atoms with Crippen LogP contribution in [0, 0.1) is 12.8 Å². The van der Waals surface area contributed by atoms with Crippen LogP contribution in [0.4, 0.5) is 0 Å². The molecule has 3 nitrogen and oxygen atoms in total. The summed E-state index contributed by atoms with van der Waals surface area (Å²) in [6.07, 6.45) is 3.46. The highest BCUT2D eigenvalue weighted by atomic mass is 16.5. The molecule has 0 spiro atoms. The molecule has 0 atom stereocenters. The van der Waals surface area contributed by atoms with Crippen LogP contribution in [0.1, 0.15) is 49.7 Å². The second-order valence-corrected chi connectivity index (χ2v) is 5.04. The molecule has 0 radical (unpaired) electrons. The summed E-state index contributed by atoms with van der Waals surface area (Å²) < 4.78 is 5.33. The molecular formula is C13H20N2O. The molecule has 1 aliphatic rings. The fourth-order valence-electron chi connectivity index (χ4n) is 1.87. The Morgan fingerprint density at radius 3 is 2.50 bits per heavy atom. The van der Waals surface area contributed by atoms with E-state index in [1.807, 2.05) is 6.92 Å². The SMILES string of the molecule is COc1nc(C2CC2)nc(CC(C)C)c1C. The average Bonchev–Trinajstić information content (AvgIpc) is 3.04. The van der Waals surface area contributed by atoms with E-state index in [1.165, 1.54) is 12.8 Å². The highest BCUT2D eigenvalue weighted by Gasteiger charge is 2.28. The fraction of sp³-hybridized carbons (Fsp3) is 0.692. The normalized spacial score (nSPS) is 15.6. The van der Waals surface area contributed by atoms with Crippen molar-refractivity contribution in [1.82, 2.24) is 9.97 Å². The van der Waals surface area contributed by atoms with Crippen molar-refractivity contribution >= 4 is 0 Å². The predicted molar refractivity (Wildman–Crippen MR) is 63.8 cm³/mol. The van der Waals surface area contributed by atoms with Gasteiger partial charge < -0.3 is 4.74 Å². The largest absolute Gasteiger partial charge is 0.481 e. The molecule has 1 heterocycles. The molecule has 1 aromatic heterocycles. The van der Waals surface area contributed by atoms with Crippen molar-refractivity contribution in [2.45, 2.75) is 46.0 Å². The van der Waals surface area contributed by atoms with Crippen LogP contribution in [0.15, 0.2) is 0 Å². The molecule has 0 amide bonds. The number of methoxy groups -OCH3 is 1. The van der Waals surface area contributed by atoms with Crippen molar-refractivity contribution < 1.29 is 4.74 Å². The lowest BCUT2D eigenvalue weighted by Crippen LogP contribution is -2.07. The van der Waals surface area contributed by atoms with Crippen molar-refractivity contribution in [3.8, 4) is 5.88 Å². The molecule has 1 aliphatic carbocycles. The monoisotopic (exact) mass is 220 g/mol. The van der Waals surface area contributed by atoms with Gasteiger partial charge in [0, 0.05) is 11.5 Å². The molecule has 88 valence electrons. The summed E-state index contributed by atoms with van der Waals surface area (Å²) >= 11 is 0. The molecule has 0 aromatic carbocycles. The molecule has 0 aliphatic heterocycles. The zero-order valence-corrected chi connectivity index (χ0v) is 10.6. The van der Waals surface area contributed by atoms with Crippen LogP contribution in [0.25, 0.3) is 0 Å². The molecule has 0 bridgehead atoms. The number of rotatable bonds is 4. The lowest BCUT2D eigenvalue weighted by molar-refractivity contribution is 0.389. The van der Waals surface area contributed by atoms with Gasteiger partial charge >= 0.3 is 0 Å². The second-order valence-electron chi connectivity index (χ2n) is 5.04. The zero-order valence-electron chi connectivity index (χ0n) is 10.6. The van der Waals surface area contributed by atoms with Gasteiger partial charge in [0.05, 0.1) is 12.8 Å². The Morgan fingerprint density at radius 2 is 2.00 bits per heavy atom. The minimum absolute atomic E-state index is 0.584. The minimum atomic E-state index is 0.584. The summed E-state index contributed by atoms with van der Waals surface area (Å²) in [6, 6.07) is 0. The smallest absolute Gasteiger partial charge is 0.219 e. The molecule has 1 saturated carbocycles.